The second-order valence-electron chi connectivity index (χ2n) is 3.47. The molecule has 0 aliphatic heterocycles. The van der Waals surface area contributed by atoms with Gasteiger partial charge in [-0.25, -0.2) is 5.84 Å². The topological polar surface area (TPSA) is 98.0 Å². The Labute approximate surface area is 115 Å². The zero-order chi connectivity index (χ0) is 13.7. The highest BCUT2D eigenvalue weighted by Crippen LogP contribution is 2.20. The minimum atomic E-state index is 0.186. The van der Waals surface area contributed by atoms with Gasteiger partial charge in [-0.05, 0) is 30.5 Å². The zero-order valence-electron chi connectivity index (χ0n) is 10.5. The first kappa shape index (κ1) is 13.4. The summed E-state index contributed by atoms with van der Waals surface area (Å²) in [4.78, 5) is 13.3. The Balaban J connectivity index is 2.21. The van der Waals surface area contributed by atoms with E-state index in [-0.39, 0.29) is 12.0 Å². The van der Waals surface area contributed by atoms with Crippen LogP contribution < -0.4 is 21.3 Å². The van der Waals surface area contributed by atoms with Crippen molar-refractivity contribution in [3.05, 3.63) is 24.3 Å². The number of benzene rings is 1. The minimum absolute atomic E-state index is 0.186. The number of ether oxygens (including phenoxy) is 1. The van der Waals surface area contributed by atoms with Crippen LogP contribution in [0.1, 0.15) is 0 Å². The van der Waals surface area contributed by atoms with Crippen molar-refractivity contribution in [1.29, 1.82) is 0 Å². The first-order valence-corrected chi connectivity index (χ1v) is 6.65. The van der Waals surface area contributed by atoms with Crippen molar-refractivity contribution in [2.75, 3.05) is 24.1 Å². The van der Waals surface area contributed by atoms with E-state index in [0.717, 1.165) is 5.69 Å². The zero-order valence-corrected chi connectivity index (χ0v) is 11.4. The van der Waals surface area contributed by atoms with Gasteiger partial charge < -0.3 is 10.1 Å². The molecule has 4 N–H and O–H groups in total. The summed E-state index contributed by atoms with van der Waals surface area (Å²) >= 11 is 1.68. The van der Waals surface area contributed by atoms with Crippen molar-refractivity contribution in [1.82, 2.24) is 15.0 Å². The summed E-state index contributed by atoms with van der Waals surface area (Å²) in [6.45, 7) is 0. The van der Waals surface area contributed by atoms with E-state index in [4.69, 9.17) is 10.6 Å². The molecule has 1 heterocycles. The van der Waals surface area contributed by atoms with Crippen LogP contribution >= 0.6 is 11.8 Å². The highest BCUT2D eigenvalue weighted by atomic mass is 32.2. The molecule has 2 aromatic rings. The SMILES string of the molecule is COc1nc(NN)nc(Nc2ccc(SC)cc2)n1. The third-order valence-corrected chi connectivity index (χ3v) is 3.02. The van der Waals surface area contributed by atoms with Crippen LogP contribution in [-0.4, -0.2) is 28.3 Å². The van der Waals surface area contributed by atoms with Gasteiger partial charge in [0.05, 0.1) is 7.11 Å². The fourth-order valence-corrected chi connectivity index (χ4v) is 1.78. The minimum Gasteiger partial charge on any atom is -0.467 e. The van der Waals surface area contributed by atoms with Crippen LogP contribution in [0.25, 0.3) is 0 Å². The maximum absolute atomic E-state index is 5.28. The second-order valence-corrected chi connectivity index (χ2v) is 4.35. The number of aromatic nitrogens is 3. The fraction of sp³-hybridized carbons (Fsp3) is 0.182. The molecule has 2 rings (SSSR count). The molecule has 0 saturated heterocycles. The summed E-state index contributed by atoms with van der Waals surface area (Å²) in [7, 11) is 1.48. The third-order valence-electron chi connectivity index (χ3n) is 2.27. The van der Waals surface area contributed by atoms with Gasteiger partial charge in [-0.1, -0.05) is 0 Å². The van der Waals surface area contributed by atoms with Gasteiger partial charge in [-0.2, -0.15) is 15.0 Å². The number of nitrogen functional groups attached to an aromatic ring is 1. The fourth-order valence-electron chi connectivity index (χ4n) is 1.37. The highest BCUT2D eigenvalue weighted by Gasteiger charge is 2.06. The van der Waals surface area contributed by atoms with E-state index in [0.29, 0.717) is 5.95 Å². The molecule has 0 unspecified atom stereocenters. The lowest BCUT2D eigenvalue weighted by atomic mass is 10.3. The maximum Gasteiger partial charge on any atom is 0.322 e. The lowest BCUT2D eigenvalue weighted by molar-refractivity contribution is 0.379. The predicted molar refractivity (Wildman–Crippen MR) is 75.7 cm³/mol. The molecule has 7 nitrogen and oxygen atoms in total. The molecule has 1 aromatic heterocycles. The van der Waals surface area contributed by atoms with Gasteiger partial charge in [0.25, 0.3) is 0 Å². The number of anilines is 3. The van der Waals surface area contributed by atoms with E-state index < -0.39 is 0 Å². The number of rotatable bonds is 5. The van der Waals surface area contributed by atoms with Gasteiger partial charge in [0.1, 0.15) is 0 Å². The van der Waals surface area contributed by atoms with Crippen molar-refractivity contribution in [3.8, 4) is 6.01 Å². The largest absolute Gasteiger partial charge is 0.467 e. The molecule has 19 heavy (non-hydrogen) atoms. The summed E-state index contributed by atoms with van der Waals surface area (Å²) < 4.78 is 4.97. The molecule has 0 fully saturated rings. The Bertz CT molecular complexity index is 525. The summed E-state index contributed by atoms with van der Waals surface area (Å²) in [6.07, 6.45) is 2.03. The molecule has 0 aliphatic rings. The van der Waals surface area contributed by atoms with Gasteiger partial charge in [-0.15, -0.1) is 11.8 Å². The molecule has 0 aliphatic carbocycles. The van der Waals surface area contributed by atoms with E-state index in [1.807, 2.05) is 30.5 Å². The number of nitrogens with two attached hydrogens (primary N) is 1. The van der Waals surface area contributed by atoms with Gasteiger partial charge in [0.15, 0.2) is 0 Å². The normalized spacial score (nSPS) is 10.1. The Morgan fingerprint density at radius 1 is 1.11 bits per heavy atom. The Hall–Kier alpha value is -2.06. The Morgan fingerprint density at radius 2 is 1.79 bits per heavy atom. The average molecular weight is 278 g/mol. The summed E-state index contributed by atoms with van der Waals surface area (Å²) in [6, 6.07) is 8.09. The first-order chi connectivity index (χ1) is 9.25. The number of hydrogen-bond donors (Lipinski definition) is 3. The molecule has 0 atom stereocenters. The summed E-state index contributed by atoms with van der Waals surface area (Å²) in [5, 5.41) is 3.06. The van der Waals surface area contributed by atoms with Crippen LogP contribution in [0.2, 0.25) is 0 Å². The molecule has 0 amide bonds. The maximum atomic E-state index is 5.28. The van der Waals surface area contributed by atoms with Gasteiger partial charge in [0, 0.05) is 10.6 Å². The van der Waals surface area contributed by atoms with Crippen LogP contribution in [0.15, 0.2) is 29.2 Å². The average Bonchev–Trinajstić information content (AvgIpc) is 2.47. The van der Waals surface area contributed by atoms with Crippen molar-refractivity contribution in [2.24, 2.45) is 5.84 Å². The van der Waals surface area contributed by atoms with Crippen molar-refractivity contribution in [3.63, 3.8) is 0 Å². The standard InChI is InChI=1S/C11H14N6OS/c1-18-11-15-9(14-10(16-11)17-12)13-7-3-5-8(19-2)6-4-7/h3-6H,12H2,1-2H3,(H2,13,14,15,16,17). The van der Waals surface area contributed by atoms with Crippen LogP contribution in [0.5, 0.6) is 6.01 Å². The van der Waals surface area contributed by atoms with Crippen molar-refractivity contribution >= 4 is 29.3 Å². The third kappa shape index (κ3) is 3.46. The number of thioether (sulfide) groups is 1. The van der Waals surface area contributed by atoms with Gasteiger partial charge >= 0.3 is 6.01 Å². The molecule has 100 valence electrons. The molecule has 8 heteroatoms. The molecule has 0 saturated carbocycles. The quantitative estimate of drug-likeness (QED) is 0.431. The monoisotopic (exact) mass is 278 g/mol. The molecule has 1 aromatic carbocycles. The number of hydrazine groups is 1. The predicted octanol–water partition coefficient (Wildman–Crippen LogP) is 1.63. The van der Waals surface area contributed by atoms with Crippen LogP contribution in [0.3, 0.4) is 0 Å². The molecular weight excluding hydrogens is 264 g/mol. The van der Waals surface area contributed by atoms with Gasteiger partial charge in [0.2, 0.25) is 11.9 Å². The number of methoxy groups -OCH3 is 1. The van der Waals surface area contributed by atoms with E-state index >= 15 is 0 Å². The van der Waals surface area contributed by atoms with Crippen LogP contribution in [0, 0.1) is 0 Å². The lowest BCUT2D eigenvalue weighted by Gasteiger charge is -2.08. The molecule has 0 spiro atoms. The number of nitrogens with one attached hydrogen (secondary N) is 2. The first-order valence-electron chi connectivity index (χ1n) is 5.43. The number of nitrogens with zero attached hydrogens (tertiary/aromatic N) is 3. The van der Waals surface area contributed by atoms with E-state index in [9.17, 15) is 0 Å². The number of hydrogen-bond acceptors (Lipinski definition) is 8. The van der Waals surface area contributed by atoms with Gasteiger partial charge in [-0.3, -0.25) is 5.43 Å². The van der Waals surface area contributed by atoms with Crippen LogP contribution in [-0.2, 0) is 0 Å². The molecule has 0 radical (unpaired) electrons. The smallest absolute Gasteiger partial charge is 0.322 e. The Kier molecular flexibility index (Phi) is 4.37. The summed E-state index contributed by atoms with van der Waals surface area (Å²) in [5.41, 5.74) is 3.23. The molecule has 0 bridgehead atoms. The lowest BCUT2D eigenvalue weighted by Crippen LogP contribution is -2.13. The van der Waals surface area contributed by atoms with Crippen molar-refractivity contribution < 1.29 is 4.74 Å². The van der Waals surface area contributed by atoms with Crippen LogP contribution in [0.4, 0.5) is 17.6 Å². The van der Waals surface area contributed by atoms with E-state index in [1.165, 1.54) is 12.0 Å². The van der Waals surface area contributed by atoms with Crippen molar-refractivity contribution in [2.45, 2.75) is 4.90 Å². The van der Waals surface area contributed by atoms with E-state index in [2.05, 4.69) is 25.7 Å². The second kappa shape index (κ2) is 6.21. The summed E-state index contributed by atoms with van der Waals surface area (Å²) in [5.74, 6) is 5.87. The molecular formula is C11H14N6OS. The highest BCUT2D eigenvalue weighted by molar-refractivity contribution is 7.98. The van der Waals surface area contributed by atoms with E-state index in [1.54, 1.807) is 11.8 Å². The Morgan fingerprint density at radius 3 is 2.37 bits per heavy atom.